The molecule has 110 valence electrons. The van der Waals surface area contributed by atoms with Crippen LogP contribution in [0.3, 0.4) is 0 Å². The summed E-state index contributed by atoms with van der Waals surface area (Å²) in [4.78, 5) is 24.8. The number of carbonyl (C=O) groups excluding carboxylic acids is 1. The maximum absolute atomic E-state index is 12.1. The van der Waals surface area contributed by atoms with Gasteiger partial charge >= 0.3 is 12.0 Å². The van der Waals surface area contributed by atoms with Crippen molar-refractivity contribution >= 4 is 29.3 Å². The first-order chi connectivity index (χ1) is 9.47. The predicted octanol–water partition coefficient (Wildman–Crippen LogP) is 3.69. The van der Waals surface area contributed by atoms with E-state index in [0.29, 0.717) is 18.8 Å². The summed E-state index contributed by atoms with van der Waals surface area (Å²) >= 11 is 5.85. The summed E-state index contributed by atoms with van der Waals surface area (Å²) in [5.74, 6) is -1.08. The highest BCUT2D eigenvalue weighted by Crippen LogP contribution is 2.19. The molecule has 0 saturated heterocycles. The smallest absolute Gasteiger partial charge is 0.335 e. The van der Waals surface area contributed by atoms with Crippen molar-refractivity contribution in [3.05, 3.63) is 28.8 Å². The minimum Gasteiger partial charge on any atom is -0.478 e. The lowest BCUT2D eigenvalue weighted by atomic mass is 10.2. The highest BCUT2D eigenvalue weighted by atomic mass is 35.5. The Hall–Kier alpha value is -1.75. The van der Waals surface area contributed by atoms with Crippen molar-refractivity contribution in [1.29, 1.82) is 0 Å². The number of nitrogens with one attached hydrogen (secondary N) is 1. The number of carboxylic acid groups (broad SMARTS) is 1. The zero-order chi connectivity index (χ0) is 15.1. The van der Waals surface area contributed by atoms with E-state index in [1.54, 1.807) is 4.90 Å². The van der Waals surface area contributed by atoms with Crippen LogP contribution in [0.4, 0.5) is 10.5 Å². The number of rotatable bonds is 6. The second kappa shape index (κ2) is 7.75. The third-order valence-corrected chi connectivity index (χ3v) is 2.89. The summed E-state index contributed by atoms with van der Waals surface area (Å²) < 4.78 is 0. The number of aromatic carboxylic acids is 1. The zero-order valence-electron chi connectivity index (χ0n) is 11.6. The van der Waals surface area contributed by atoms with Gasteiger partial charge in [-0.25, -0.2) is 9.59 Å². The summed E-state index contributed by atoms with van der Waals surface area (Å²) in [5.41, 5.74) is 0.433. The van der Waals surface area contributed by atoms with Crippen LogP contribution in [0.5, 0.6) is 0 Å². The molecule has 0 saturated carbocycles. The molecule has 2 amide bonds. The highest BCUT2D eigenvalue weighted by Gasteiger charge is 2.13. The van der Waals surface area contributed by atoms with Crippen molar-refractivity contribution in [3.63, 3.8) is 0 Å². The molecule has 0 aliphatic rings. The van der Waals surface area contributed by atoms with Gasteiger partial charge < -0.3 is 15.3 Å². The molecule has 2 N–H and O–H groups in total. The minimum atomic E-state index is -1.08. The molecule has 1 aromatic carbocycles. The Labute approximate surface area is 123 Å². The van der Waals surface area contributed by atoms with E-state index in [0.717, 1.165) is 12.8 Å². The van der Waals surface area contributed by atoms with Gasteiger partial charge in [0.25, 0.3) is 0 Å². The number of anilines is 1. The van der Waals surface area contributed by atoms with E-state index in [2.05, 4.69) is 5.32 Å². The fourth-order valence-corrected chi connectivity index (χ4v) is 2.08. The standard InChI is InChI=1S/C14H19ClN2O3/c1-3-5-17(6-4-2)14(20)16-12-8-10(13(18)19)7-11(15)9-12/h7-9H,3-6H2,1-2H3,(H,16,20)(H,18,19). The molecule has 0 aliphatic carbocycles. The van der Waals surface area contributed by atoms with Crippen LogP contribution in [0.2, 0.25) is 5.02 Å². The van der Waals surface area contributed by atoms with Crippen LogP contribution in [0.25, 0.3) is 0 Å². The number of carboxylic acids is 1. The van der Waals surface area contributed by atoms with Crippen molar-refractivity contribution in [1.82, 2.24) is 4.90 Å². The first kappa shape index (κ1) is 16.3. The topological polar surface area (TPSA) is 69.6 Å². The van der Waals surface area contributed by atoms with Crippen LogP contribution < -0.4 is 5.32 Å². The number of hydrogen-bond acceptors (Lipinski definition) is 2. The van der Waals surface area contributed by atoms with Gasteiger partial charge in [0.2, 0.25) is 0 Å². The van der Waals surface area contributed by atoms with E-state index in [-0.39, 0.29) is 16.6 Å². The van der Waals surface area contributed by atoms with Crippen molar-refractivity contribution in [2.24, 2.45) is 0 Å². The van der Waals surface area contributed by atoms with E-state index < -0.39 is 5.97 Å². The number of halogens is 1. The SMILES string of the molecule is CCCN(CCC)C(=O)Nc1cc(Cl)cc(C(=O)O)c1. The summed E-state index contributed by atoms with van der Waals surface area (Å²) in [7, 11) is 0. The molecular weight excluding hydrogens is 280 g/mol. The molecule has 0 aliphatic heterocycles. The van der Waals surface area contributed by atoms with Gasteiger partial charge in [-0.15, -0.1) is 0 Å². The van der Waals surface area contributed by atoms with Crippen LogP contribution in [-0.2, 0) is 0 Å². The van der Waals surface area contributed by atoms with Crippen LogP contribution in [0.1, 0.15) is 37.0 Å². The lowest BCUT2D eigenvalue weighted by Gasteiger charge is -2.22. The molecule has 0 unspecified atom stereocenters. The van der Waals surface area contributed by atoms with E-state index >= 15 is 0 Å². The van der Waals surface area contributed by atoms with Crippen LogP contribution in [-0.4, -0.2) is 35.1 Å². The van der Waals surface area contributed by atoms with E-state index in [1.165, 1.54) is 18.2 Å². The third-order valence-electron chi connectivity index (χ3n) is 2.67. The van der Waals surface area contributed by atoms with Gasteiger partial charge in [-0.3, -0.25) is 0 Å². The minimum absolute atomic E-state index is 0.0466. The molecule has 20 heavy (non-hydrogen) atoms. The normalized spacial score (nSPS) is 10.2. The molecule has 0 heterocycles. The molecule has 1 rings (SSSR count). The monoisotopic (exact) mass is 298 g/mol. The van der Waals surface area contributed by atoms with Crippen molar-refractivity contribution < 1.29 is 14.7 Å². The maximum atomic E-state index is 12.1. The number of urea groups is 1. The Morgan fingerprint density at radius 1 is 1.20 bits per heavy atom. The largest absolute Gasteiger partial charge is 0.478 e. The van der Waals surface area contributed by atoms with E-state index in [4.69, 9.17) is 16.7 Å². The summed E-state index contributed by atoms with van der Waals surface area (Å²) in [6.45, 7) is 5.31. The van der Waals surface area contributed by atoms with Gasteiger partial charge in [-0.2, -0.15) is 0 Å². The van der Waals surface area contributed by atoms with Crippen LogP contribution in [0.15, 0.2) is 18.2 Å². The van der Waals surface area contributed by atoms with E-state index in [9.17, 15) is 9.59 Å². The van der Waals surface area contributed by atoms with Crippen LogP contribution in [0, 0.1) is 0 Å². The lowest BCUT2D eigenvalue weighted by Crippen LogP contribution is -2.36. The Morgan fingerprint density at radius 3 is 2.30 bits per heavy atom. The Bertz CT molecular complexity index is 485. The van der Waals surface area contributed by atoms with Gasteiger partial charge in [0.15, 0.2) is 0 Å². The van der Waals surface area contributed by atoms with Gasteiger partial charge in [0.1, 0.15) is 0 Å². The number of hydrogen-bond donors (Lipinski definition) is 2. The zero-order valence-corrected chi connectivity index (χ0v) is 12.4. The predicted molar refractivity (Wildman–Crippen MR) is 79.6 cm³/mol. The van der Waals surface area contributed by atoms with Gasteiger partial charge in [-0.1, -0.05) is 25.4 Å². The molecule has 6 heteroatoms. The molecule has 5 nitrogen and oxygen atoms in total. The molecule has 0 atom stereocenters. The number of carbonyl (C=O) groups is 2. The molecule has 0 radical (unpaired) electrons. The second-order valence-corrected chi connectivity index (χ2v) is 4.89. The Balaban J connectivity index is 2.85. The van der Waals surface area contributed by atoms with Crippen LogP contribution >= 0.6 is 11.6 Å². The average molecular weight is 299 g/mol. The quantitative estimate of drug-likeness (QED) is 0.841. The summed E-state index contributed by atoms with van der Waals surface area (Å²) in [6, 6.07) is 4.02. The molecule has 0 aromatic heterocycles. The first-order valence-electron chi connectivity index (χ1n) is 6.57. The van der Waals surface area contributed by atoms with Gasteiger partial charge in [0.05, 0.1) is 5.56 Å². The molecule has 1 aromatic rings. The molecular formula is C14H19ClN2O3. The van der Waals surface area contributed by atoms with Gasteiger partial charge in [0, 0.05) is 23.8 Å². The first-order valence-corrected chi connectivity index (χ1v) is 6.95. The van der Waals surface area contributed by atoms with Crippen molar-refractivity contribution in [3.8, 4) is 0 Å². The average Bonchev–Trinajstić information content (AvgIpc) is 2.37. The summed E-state index contributed by atoms with van der Waals surface area (Å²) in [6.07, 6.45) is 1.73. The number of amides is 2. The number of benzene rings is 1. The third kappa shape index (κ3) is 4.74. The van der Waals surface area contributed by atoms with E-state index in [1.807, 2.05) is 13.8 Å². The fraction of sp³-hybridized carbons (Fsp3) is 0.429. The van der Waals surface area contributed by atoms with Gasteiger partial charge in [-0.05, 0) is 31.0 Å². The molecule has 0 bridgehead atoms. The Morgan fingerprint density at radius 2 is 1.80 bits per heavy atom. The second-order valence-electron chi connectivity index (χ2n) is 4.45. The molecule has 0 fully saturated rings. The summed E-state index contributed by atoms with van der Waals surface area (Å²) in [5, 5.41) is 11.9. The van der Waals surface area contributed by atoms with Crippen molar-refractivity contribution in [2.75, 3.05) is 18.4 Å². The maximum Gasteiger partial charge on any atom is 0.335 e. The number of nitrogens with zero attached hydrogens (tertiary/aromatic N) is 1. The lowest BCUT2D eigenvalue weighted by molar-refractivity contribution is 0.0697. The highest BCUT2D eigenvalue weighted by molar-refractivity contribution is 6.31. The Kier molecular flexibility index (Phi) is 6.31. The van der Waals surface area contributed by atoms with Crippen molar-refractivity contribution in [2.45, 2.75) is 26.7 Å². The molecule has 0 spiro atoms. The fourth-order valence-electron chi connectivity index (χ4n) is 1.84.